The third kappa shape index (κ3) is 7.32. The second-order valence-electron chi connectivity index (χ2n) is 9.86. The van der Waals surface area contributed by atoms with Gasteiger partial charge >= 0.3 is 0 Å². The topological polar surface area (TPSA) is 79.4 Å². The number of rotatable bonds is 8. The van der Waals surface area contributed by atoms with Crippen LogP contribution in [0, 0.1) is 5.92 Å². The fourth-order valence-electron chi connectivity index (χ4n) is 5.05. The number of piperidine rings is 1. The van der Waals surface area contributed by atoms with Crippen molar-refractivity contribution >= 4 is 17.7 Å². The highest BCUT2D eigenvalue weighted by atomic mass is 16.5. The average molecular weight is 508 g/mol. The third-order valence-electron chi connectivity index (χ3n) is 7.26. The molecule has 0 aromatic heterocycles. The molecule has 2 fully saturated rings. The van der Waals surface area contributed by atoms with Gasteiger partial charge in [-0.05, 0) is 42.5 Å². The van der Waals surface area contributed by atoms with Crippen molar-refractivity contribution in [2.75, 3.05) is 46.4 Å². The Balaban J connectivity index is 1.45. The number of carbonyl (C=O) groups is 3. The second kappa shape index (κ2) is 12.7. The summed E-state index contributed by atoms with van der Waals surface area (Å²) in [5, 5.41) is 0. The Morgan fingerprint density at radius 2 is 1.68 bits per heavy atom. The van der Waals surface area contributed by atoms with E-state index in [4.69, 9.17) is 9.47 Å². The molecule has 198 valence electrons. The lowest BCUT2D eigenvalue weighted by atomic mass is 9.95. The smallest absolute Gasteiger partial charge is 0.242 e. The van der Waals surface area contributed by atoms with Crippen molar-refractivity contribution < 1.29 is 23.9 Å². The first-order chi connectivity index (χ1) is 17.9. The molecule has 2 saturated heterocycles. The lowest BCUT2D eigenvalue weighted by Crippen LogP contribution is -2.46. The molecule has 3 amide bonds. The fraction of sp³-hybridized carbons (Fsp3) is 0.483. The SMILES string of the molecule is COc1cccc(COC2CN(CCc3ccccc3)C(=O)CN(C(=O)C3CCN(C(C)=O)CC3)C2)c1. The Kier molecular flexibility index (Phi) is 9.17. The van der Waals surface area contributed by atoms with Crippen molar-refractivity contribution in [1.82, 2.24) is 14.7 Å². The molecular weight excluding hydrogens is 470 g/mol. The predicted octanol–water partition coefficient (Wildman–Crippen LogP) is 2.75. The molecule has 37 heavy (non-hydrogen) atoms. The quantitative estimate of drug-likeness (QED) is 0.549. The standard InChI is InChI=1S/C29H37N3O5/c1-22(33)30-15-12-25(13-16-30)29(35)32-19-27(37-21-24-9-6-10-26(17-24)36-2)18-31(28(34)20-32)14-11-23-7-4-3-5-8-23/h3-10,17,25,27H,11-16,18-21H2,1-2H3. The highest BCUT2D eigenvalue weighted by Gasteiger charge is 2.35. The molecule has 2 aliphatic heterocycles. The summed E-state index contributed by atoms with van der Waals surface area (Å²) in [4.78, 5) is 43.8. The largest absolute Gasteiger partial charge is 0.497 e. The number of methoxy groups -OCH3 is 1. The molecule has 2 aliphatic rings. The molecule has 8 nitrogen and oxygen atoms in total. The Bertz CT molecular complexity index is 1070. The molecule has 1 atom stereocenters. The molecule has 8 heteroatoms. The van der Waals surface area contributed by atoms with Crippen LogP contribution in [0.5, 0.6) is 5.75 Å². The minimum atomic E-state index is -0.310. The number of carbonyl (C=O) groups excluding carboxylic acids is 3. The summed E-state index contributed by atoms with van der Waals surface area (Å²) >= 11 is 0. The van der Waals surface area contributed by atoms with Gasteiger partial charge in [-0.15, -0.1) is 0 Å². The molecule has 0 saturated carbocycles. The van der Waals surface area contributed by atoms with Gasteiger partial charge in [0.05, 0.1) is 26.4 Å². The molecule has 2 heterocycles. The lowest BCUT2D eigenvalue weighted by Gasteiger charge is -2.33. The van der Waals surface area contributed by atoms with E-state index in [1.807, 2.05) is 47.4 Å². The number of nitrogens with zero attached hydrogens (tertiary/aromatic N) is 3. The Morgan fingerprint density at radius 1 is 0.946 bits per heavy atom. The van der Waals surface area contributed by atoms with Crippen molar-refractivity contribution in [1.29, 1.82) is 0 Å². The molecular formula is C29H37N3O5. The second-order valence-corrected chi connectivity index (χ2v) is 9.86. The van der Waals surface area contributed by atoms with Gasteiger partial charge < -0.3 is 24.2 Å². The summed E-state index contributed by atoms with van der Waals surface area (Å²) < 4.78 is 11.6. The molecule has 0 bridgehead atoms. The van der Waals surface area contributed by atoms with Gasteiger partial charge in [-0.3, -0.25) is 14.4 Å². The summed E-state index contributed by atoms with van der Waals surface area (Å²) in [6.07, 6.45) is 1.67. The first-order valence-corrected chi connectivity index (χ1v) is 13.0. The van der Waals surface area contributed by atoms with Gasteiger partial charge in [0.25, 0.3) is 0 Å². The van der Waals surface area contributed by atoms with E-state index in [0.717, 1.165) is 17.7 Å². The van der Waals surface area contributed by atoms with Crippen LogP contribution in [0.1, 0.15) is 30.9 Å². The zero-order chi connectivity index (χ0) is 26.2. The monoisotopic (exact) mass is 507 g/mol. The van der Waals surface area contributed by atoms with E-state index < -0.39 is 0 Å². The summed E-state index contributed by atoms with van der Waals surface area (Å²) in [5.74, 6) is 0.541. The minimum Gasteiger partial charge on any atom is -0.497 e. The van der Waals surface area contributed by atoms with E-state index in [9.17, 15) is 14.4 Å². The van der Waals surface area contributed by atoms with E-state index in [2.05, 4.69) is 12.1 Å². The zero-order valence-electron chi connectivity index (χ0n) is 21.8. The van der Waals surface area contributed by atoms with E-state index in [0.29, 0.717) is 52.2 Å². The maximum atomic E-state index is 13.5. The summed E-state index contributed by atoms with van der Waals surface area (Å²) in [7, 11) is 1.63. The predicted molar refractivity (Wildman–Crippen MR) is 140 cm³/mol. The summed E-state index contributed by atoms with van der Waals surface area (Å²) in [6.45, 7) is 4.50. The summed E-state index contributed by atoms with van der Waals surface area (Å²) in [6, 6.07) is 17.8. The molecule has 0 spiro atoms. The van der Waals surface area contributed by atoms with Crippen LogP contribution in [0.15, 0.2) is 54.6 Å². The van der Waals surface area contributed by atoms with Crippen molar-refractivity contribution in [3.63, 3.8) is 0 Å². The van der Waals surface area contributed by atoms with E-state index in [1.165, 1.54) is 5.56 Å². The van der Waals surface area contributed by atoms with Crippen molar-refractivity contribution in [2.24, 2.45) is 5.92 Å². The zero-order valence-corrected chi connectivity index (χ0v) is 21.8. The third-order valence-corrected chi connectivity index (χ3v) is 7.26. The van der Waals surface area contributed by atoms with Gasteiger partial charge in [-0.2, -0.15) is 0 Å². The average Bonchev–Trinajstić information content (AvgIpc) is 3.09. The van der Waals surface area contributed by atoms with E-state index >= 15 is 0 Å². The van der Waals surface area contributed by atoms with Crippen LogP contribution in [0.3, 0.4) is 0 Å². The van der Waals surface area contributed by atoms with Gasteiger partial charge in [0.15, 0.2) is 0 Å². The molecule has 2 aromatic rings. The molecule has 0 aliphatic carbocycles. The van der Waals surface area contributed by atoms with E-state index in [-0.39, 0.29) is 36.3 Å². The fourth-order valence-corrected chi connectivity index (χ4v) is 5.05. The number of benzene rings is 2. The minimum absolute atomic E-state index is 0.0172. The van der Waals surface area contributed by atoms with Crippen molar-refractivity contribution in [2.45, 2.75) is 38.9 Å². The molecule has 0 radical (unpaired) electrons. The Morgan fingerprint density at radius 3 is 2.38 bits per heavy atom. The van der Waals surface area contributed by atoms with Gasteiger partial charge in [0, 0.05) is 45.6 Å². The first-order valence-electron chi connectivity index (χ1n) is 13.0. The van der Waals surface area contributed by atoms with Crippen LogP contribution in [0.2, 0.25) is 0 Å². The highest BCUT2D eigenvalue weighted by Crippen LogP contribution is 2.22. The normalized spacial score (nSPS) is 19.0. The van der Waals surface area contributed by atoms with Crippen LogP contribution in [0.25, 0.3) is 0 Å². The maximum absolute atomic E-state index is 13.5. The maximum Gasteiger partial charge on any atom is 0.242 e. The van der Waals surface area contributed by atoms with E-state index in [1.54, 1.807) is 23.8 Å². The molecule has 4 rings (SSSR count). The summed E-state index contributed by atoms with van der Waals surface area (Å²) in [5.41, 5.74) is 2.14. The van der Waals surface area contributed by atoms with Crippen LogP contribution < -0.4 is 4.74 Å². The number of ether oxygens (including phenoxy) is 2. The highest BCUT2D eigenvalue weighted by molar-refractivity contribution is 5.86. The van der Waals surface area contributed by atoms with Crippen LogP contribution in [-0.4, -0.2) is 84.9 Å². The molecule has 2 aromatic carbocycles. The Hall–Kier alpha value is -3.39. The van der Waals surface area contributed by atoms with Crippen molar-refractivity contribution in [3.8, 4) is 5.75 Å². The number of likely N-dealkylation sites (tertiary alicyclic amines) is 1. The van der Waals surface area contributed by atoms with Gasteiger partial charge in [0.2, 0.25) is 17.7 Å². The lowest BCUT2D eigenvalue weighted by molar-refractivity contribution is -0.143. The number of hydrogen-bond acceptors (Lipinski definition) is 5. The van der Waals surface area contributed by atoms with Crippen LogP contribution in [-0.2, 0) is 32.1 Å². The van der Waals surface area contributed by atoms with Gasteiger partial charge in [-0.25, -0.2) is 0 Å². The van der Waals surface area contributed by atoms with Crippen LogP contribution in [0.4, 0.5) is 0 Å². The number of amides is 3. The molecule has 1 unspecified atom stereocenters. The van der Waals surface area contributed by atoms with Gasteiger partial charge in [0.1, 0.15) is 5.75 Å². The van der Waals surface area contributed by atoms with Gasteiger partial charge in [-0.1, -0.05) is 42.5 Å². The Labute approximate surface area is 219 Å². The molecule has 0 N–H and O–H groups in total. The van der Waals surface area contributed by atoms with Crippen LogP contribution >= 0.6 is 0 Å². The first kappa shape index (κ1) is 26.7. The van der Waals surface area contributed by atoms with Crippen molar-refractivity contribution in [3.05, 3.63) is 65.7 Å². The number of hydrogen-bond donors (Lipinski definition) is 0.